The number of thiophene rings is 1. The minimum Gasteiger partial charge on any atom is -0.467 e. The molecule has 1 saturated carbocycles. The second-order valence-corrected chi connectivity index (χ2v) is 15.8. The summed E-state index contributed by atoms with van der Waals surface area (Å²) < 4.78 is 95.6. The van der Waals surface area contributed by atoms with Crippen LogP contribution < -0.4 is 15.4 Å². The number of rotatable bonds is 5. The Morgan fingerprint density at radius 1 is 1.12 bits per heavy atom. The Bertz CT molecular complexity index is 2420. The topological polar surface area (TPSA) is 129 Å². The van der Waals surface area contributed by atoms with E-state index in [0.717, 1.165) is 55.3 Å². The molecular formula is C38H37F6N9O2S. The van der Waals surface area contributed by atoms with Crippen molar-refractivity contribution in [2.24, 2.45) is 0 Å². The van der Waals surface area contributed by atoms with Crippen LogP contribution in [-0.4, -0.2) is 88.5 Å². The number of carbonyl (C=O) groups is 1. The van der Waals surface area contributed by atoms with Crippen LogP contribution in [0.2, 0.25) is 0 Å². The van der Waals surface area contributed by atoms with Gasteiger partial charge >= 0.3 is 12.2 Å². The maximum atomic E-state index is 16.7. The molecule has 56 heavy (non-hydrogen) atoms. The minimum absolute atomic E-state index is 0.000715. The average molecular weight is 798 g/mol. The predicted octanol–water partition coefficient (Wildman–Crippen LogP) is 7.26. The smallest absolute Gasteiger partial charge is 0.417 e. The minimum atomic E-state index is -5.09. The second kappa shape index (κ2) is 14.1. The van der Waals surface area contributed by atoms with Crippen LogP contribution in [0.5, 0.6) is 6.01 Å². The third kappa shape index (κ3) is 6.43. The lowest BCUT2D eigenvalue weighted by molar-refractivity contribution is -0.137. The summed E-state index contributed by atoms with van der Waals surface area (Å²) in [7, 11) is 4.52. The number of fused-ring (bicyclic) bond motifs is 4. The highest BCUT2D eigenvalue weighted by atomic mass is 32.1. The van der Waals surface area contributed by atoms with E-state index < -0.39 is 40.6 Å². The number of hydrogen-bond donors (Lipinski definition) is 1. The Hall–Kier alpha value is -5.15. The van der Waals surface area contributed by atoms with E-state index in [0.29, 0.717) is 36.2 Å². The van der Waals surface area contributed by atoms with Crippen LogP contribution in [0.3, 0.4) is 0 Å². The zero-order chi connectivity index (χ0) is 39.8. The Labute approximate surface area is 321 Å². The summed E-state index contributed by atoms with van der Waals surface area (Å²) in [6, 6.07) is 4.82. The number of nitrogen functional groups attached to an aromatic ring is 1. The number of aromatic nitrogens is 4. The molecule has 18 heteroatoms. The van der Waals surface area contributed by atoms with E-state index in [1.54, 1.807) is 23.7 Å². The normalized spacial score (nSPS) is 19.5. The van der Waals surface area contributed by atoms with Crippen LogP contribution in [0, 0.1) is 23.0 Å². The van der Waals surface area contributed by atoms with Crippen molar-refractivity contribution in [1.29, 1.82) is 5.26 Å². The Morgan fingerprint density at radius 3 is 2.55 bits per heavy atom. The van der Waals surface area contributed by atoms with Crippen molar-refractivity contribution >= 4 is 49.1 Å². The molecule has 0 bridgehead atoms. The highest BCUT2D eigenvalue weighted by Crippen LogP contribution is 2.49. The Morgan fingerprint density at radius 2 is 1.89 bits per heavy atom. The first-order valence-electron chi connectivity index (χ1n) is 18.2. The monoisotopic (exact) mass is 797 g/mol. The molecule has 0 radical (unpaired) electrons. The van der Waals surface area contributed by atoms with E-state index in [-0.39, 0.29) is 68.3 Å². The zero-order valence-corrected chi connectivity index (χ0v) is 31.5. The van der Waals surface area contributed by atoms with E-state index in [1.807, 2.05) is 6.07 Å². The van der Waals surface area contributed by atoms with Gasteiger partial charge < -0.3 is 20.3 Å². The number of halogens is 6. The van der Waals surface area contributed by atoms with Crippen LogP contribution in [0.25, 0.3) is 32.1 Å². The van der Waals surface area contributed by atoms with Gasteiger partial charge in [0.05, 0.1) is 41.7 Å². The molecule has 6 heterocycles. The summed E-state index contributed by atoms with van der Waals surface area (Å²) in [5.74, 6) is -2.28. The summed E-state index contributed by atoms with van der Waals surface area (Å²) in [5, 5.41) is 13.8. The van der Waals surface area contributed by atoms with E-state index >= 15 is 4.39 Å². The molecule has 2 saturated heterocycles. The molecule has 2 N–H and O–H groups in total. The molecule has 4 aliphatic rings. The zero-order valence-electron chi connectivity index (χ0n) is 30.7. The molecule has 3 aromatic heterocycles. The van der Waals surface area contributed by atoms with Gasteiger partial charge in [0.1, 0.15) is 34.4 Å². The Balaban J connectivity index is 0.000000427. The van der Waals surface area contributed by atoms with Gasteiger partial charge in [0.15, 0.2) is 11.5 Å². The molecule has 3 aliphatic heterocycles. The number of nitrogens with zero attached hydrogens (tertiary/aromatic N) is 8. The van der Waals surface area contributed by atoms with Gasteiger partial charge in [-0.1, -0.05) is 6.07 Å². The lowest BCUT2D eigenvalue weighted by atomic mass is 9.92. The van der Waals surface area contributed by atoms with Crippen LogP contribution >= 0.6 is 11.3 Å². The fraction of sp³-hybridized carbons (Fsp3) is 0.447. The van der Waals surface area contributed by atoms with Gasteiger partial charge in [0.2, 0.25) is 0 Å². The number of nitriles is 1. The predicted molar refractivity (Wildman–Crippen MR) is 198 cm³/mol. The second-order valence-electron chi connectivity index (χ2n) is 14.7. The summed E-state index contributed by atoms with van der Waals surface area (Å²) in [5.41, 5.74) is 4.45. The summed E-state index contributed by atoms with van der Waals surface area (Å²) in [4.78, 5) is 26.9. The molecule has 1 amide bonds. The molecule has 11 nitrogen and oxygen atoms in total. The Kier molecular flexibility index (Phi) is 9.51. The van der Waals surface area contributed by atoms with Gasteiger partial charge in [-0.2, -0.15) is 33.5 Å². The van der Waals surface area contributed by atoms with Crippen molar-refractivity contribution in [2.45, 2.75) is 69.5 Å². The average Bonchev–Trinajstić information content (AvgIpc) is 3.43. The fourth-order valence-electron chi connectivity index (χ4n) is 8.23. The van der Waals surface area contributed by atoms with Gasteiger partial charge in [0.25, 0.3) is 5.91 Å². The van der Waals surface area contributed by atoms with Gasteiger partial charge in [-0.05, 0) is 62.3 Å². The van der Waals surface area contributed by atoms with Crippen molar-refractivity contribution in [3.8, 4) is 23.2 Å². The van der Waals surface area contributed by atoms with E-state index in [1.165, 1.54) is 24.9 Å². The maximum Gasteiger partial charge on any atom is 0.417 e. The van der Waals surface area contributed by atoms with Crippen LogP contribution in [0.4, 0.5) is 37.2 Å². The fourth-order valence-corrected chi connectivity index (χ4v) is 9.18. The van der Waals surface area contributed by atoms with Crippen molar-refractivity contribution in [3.05, 3.63) is 57.9 Å². The molecule has 294 valence electrons. The van der Waals surface area contributed by atoms with Crippen molar-refractivity contribution in [1.82, 2.24) is 29.5 Å². The highest BCUT2D eigenvalue weighted by Gasteiger charge is 2.41. The number of alkyl halides is 4. The molecule has 1 aliphatic carbocycles. The number of methoxy groups -OCH3 is 1. The number of hydrogen-bond acceptors (Lipinski definition) is 10. The van der Waals surface area contributed by atoms with Gasteiger partial charge in [-0.3, -0.25) is 14.4 Å². The highest BCUT2D eigenvalue weighted by molar-refractivity contribution is 7.23. The standard InChI is InChI=1S/C31H25F5N8O2S.C7H12FN/c1-42(2)29(45)25-20(13-4-5-13)19-12-43(8-9-44(19)41-25)28-15-10-17(31(34,35)36)22(23(33)24(15)39-30(40-28)46-3)14-6-7-18(32)26-21(14)16(11-37)27(38)47-26;8-6-4-7-2-1-3-9(7)5-6/h6-7,10,13H,4-5,8-9,12,38H2,1-3H3;6-7H,1-5H2. The number of amides is 1. The van der Waals surface area contributed by atoms with E-state index in [2.05, 4.69) is 20.0 Å². The number of nitrogens with two attached hydrogens (primary N) is 1. The molecule has 5 aromatic rings. The number of anilines is 2. The lowest BCUT2D eigenvalue weighted by Gasteiger charge is -2.30. The summed E-state index contributed by atoms with van der Waals surface area (Å²) in [6.07, 6.45) is -0.524. The van der Waals surface area contributed by atoms with E-state index in [9.17, 15) is 32.0 Å². The van der Waals surface area contributed by atoms with Crippen LogP contribution in [0.1, 0.15) is 70.9 Å². The number of ether oxygens (including phenoxy) is 1. The van der Waals surface area contributed by atoms with Crippen LogP contribution in [-0.2, 0) is 19.3 Å². The quantitative estimate of drug-likeness (QED) is 0.183. The first-order valence-corrected chi connectivity index (χ1v) is 19.0. The SMILES string of the molecule is COc1nc(N2CCn3nc(C(=O)N(C)C)c(C4CC4)c3C2)c2cc(C(F)(F)F)c(-c3ccc(F)c4sc(N)c(C#N)c34)c(F)c2n1.FC1CC2CCCN2C1. The molecule has 3 fully saturated rings. The van der Waals surface area contributed by atoms with Crippen molar-refractivity contribution in [3.63, 3.8) is 0 Å². The molecular weight excluding hydrogens is 761 g/mol. The molecule has 2 aromatic carbocycles. The number of benzene rings is 2. The van der Waals surface area contributed by atoms with E-state index in [4.69, 9.17) is 10.5 Å². The maximum absolute atomic E-state index is 16.7. The third-order valence-corrected chi connectivity index (χ3v) is 12.0. The third-order valence-electron chi connectivity index (χ3n) is 11.0. The largest absolute Gasteiger partial charge is 0.467 e. The molecule has 9 rings (SSSR count). The molecule has 0 spiro atoms. The van der Waals surface area contributed by atoms with Crippen LogP contribution in [0.15, 0.2) is 18.2 Å². The first-order chi connectivity index (χ1) is 26.7. The van der Waals surface area contributed by atoms with Gasteiger partial charge in [-0.15, -0.1) is 11.3 Å². The lowest BCUT2D eigenvalue weighted by Crippen LogP contribution is -2.35. The summed E-state index contributed by atoms with van der Waals surface area (Å²) >= 11 is 0.689. The van der Waals surface area contributed by atoms with Gasteiger partial charge in [-0.25, -0.2) is 13.2 Å². The van der Waals surface area contributed by atoms with Crippen molar-refractivity contribution in [2.75, 3.05) is 51.5 Å². The summed E-state index contributed by atoms with van der Waals surface area (Å²) in [6.45, 7) is 2.51. The van der Waals surface area contributed by atoms with Crippen molar-refractivity contribution < 1.29 is 35.9 Å². The molecule has 2 unspecified atom stereocenters. The first kappa shape index (κ1) is 37.8. The van der Waals surface area contributed by atoms with Gasteiger partial charge in [0, 0.05) is 55.1 Å². The molecule has 2 atom stereocenters. The number of carbonyl (C=O) groups excluding carboxylic acids is 1.